The van der Waals surface area contributed by atoms with Crippen LogP contribution >= 0.6 is 0 Å². The van der Waals surface area contributed by atoms with Gasteiger partial charge in [0.25, 0.3) is 0 Å². The average molecular weight is 357 g/mol. The molecule has 0 bridgehead atoms. The van der Waals surface area contributed by atoms with Crippen LogP contribution in [0, 0.1) is 25.2 Å². The minimum absolute atomic E-state index is 0.00218. The molecule has 1 amide bonds. The number of ether oxygens (including phenoxy) is 1. The van der Waals surface area contributed by atoms with E-state index < -0.39 is 5.54 Å². The highest BCUT2D eigenvalue weighted by Crippen LogP contribution is 2.32. The molecule has 0 radical (unpaired) electrons. The number of rotatable bonds is 7. The molecule has 0 unspecified atom stereocenters. The minimum atomic E-state index is -0.619. The summed E-state index contributed by atoms with van der Waals surface area (Å²) in [6.07, 6.45) is 4.76. The summed E-state index contributed by atoms with van der Waals surface area (Å²) in [6.45, 7) is 5.59. The molecule has 5 nitrogen and oxygen atoms in total. The molecule has 1 aliphatic carbocycles. The summed E-state index contributed by atoms with van der Waals surface area (Å²) in [6, 6.07) is 8.56. The number of hydrogen-bond donors (Lipinski definition) is 0. The number of likely N-dealkylation sites (N-methyl/N-ethyl adjacent to an activating group) is 2. The van der Waals surface area contributed by atoms with Crippen molar-refractivity contribution >= 4 is 5.91 Å². The van der Waals surface area contributed by atoms with Gasteiger partial charge in [-0.3, -0.25) is 9.69 Å². The number of benzene rings is 1. The quantitative estimate of drug-likeness (QED) is 0.751. The molecular formula is C21H31N3O2. The summed E-state index contributed by atoms with van der Waals surface area (Å²) in [4.78, 5) is 16.3. The summed E-state index contributed by atoms with van der Waals surface area (Å²) in [5.74, 6) is 0.868. The second-order valence-corrected chi connectivity index (χ2v) is 7.57. The van der Waals surface area contributed by atoms with Crippen molar-refractivity contribution in [3.63, 3.8) is 0 Å². The van der Waals surface area contributed by atoms with Crippen molar-refractivity contribution in [3.05, 3.63) is 29.3 Å². The van der Waals surface area contributed by atoms with Gasteiger partial charge in [-0.1, -0.05) is 25.3 Å². The molecule has 2 rings (SSSR count). The fraction of sp³-hybridized carbons (Fsp3) is 0.619. The first-order valence-electron chi connectivity index (χ1n) is 9.44. The maximum Gasteiger partial charge on any atom is 0.237 e. The van der Waals surface area contributed by atoms with Crippen LogP contribution in [-0.4, -0.2) is 55.0 Å². The molecular weight excluding hydrogens is 326 g/mol. The van der Waals surface area contributed by atoms with Crippen LogP contribution in [0.2, 0.25) is 0 Å². The van der Waals surface area contributed by atoms with Crippen LogP contribution in [0.3, 0.4) is 0 Å². The zero-order valence-electron chi connectivity index (χ0n) is 16.5. The summed E-state index contributed by atoms with van der Waals surface area (Å²) in [7, 11) is 3.69. The first-order valence-corrected chi connectivity index (χ1v) is 9.44. The molecule has 0 aliphatic heterocycles. The molecule has 5 heteroatoms. The van der Waals surface area contributed by atoms with Crippen LogP contribution in [0.5, 0.6) is 5.75 Å². The lowest BCUT2D eigenvalue weighted by Gasteiger charge is -2.39. The van der Waals surface area contributed by atoms with Crippen molar-refractivity contribution in [1.82, 2.24) is 9.80 Å². The van der Waals surface area contributed by atoms with E-state index in [1.165, 1.54) is 11.1 Å². The molecule has 0 atom stereocenters. The van der Waals surface area contributed by atoms with Gasteiger partial charge < -0.3 is 9.64 Å². The summed E-state index contributed by atoms with van der Waals surface area (Å²) >= 11 is 0. The fourth-order valence-electron chi connectivity index (χ4n) is 3.65. The van der Waals surface area contributed by atoms with E-state index in [9.17, 15) is 10.1 Å². The topological polar surface area (TPSA) is 56.6 Å². The largest absolute Gasteiger partial charge is 0.492 e. The first-order chi connectivity index (χ1) is 12.4. The zero-order chi connectivity index (χ0) is 19.2. The third-order valence-corrected chi connectivity index (χ3v) is 5.25. The van der Waals surface area contributed by atoms with Gasteiger partial charge >= 0.3 is 0 Å². The van der Waals surface area contributed by atoms with Gasteiger partial charge in [0.1, 0.15) is 17.9 Å². The molecule has 1 aliphatic rings. The van der Waals surface area contributed by atoms with E-state index in [2.05, 4.69) is 26.0 Å². The standard InChI is InChI=1S/C21H31N3O2/c1-17-12-18(2)14-19(13-17)26-11-10-23(3)15-20(25)24(4)21(16-22)8-6-5-7-9-21/h12-14H,5-11,15H2,1-4H3. The van der Waals surface area contributed by atoms with Crippen molar-refractivity contribution < 1.29 is 9.53 Å². The van der Waals surface area contributed by atoms with Crippen LogP contribution in [0.4, 0.5) is 0 Å². The first kappa shape index (κ1) is 20.3. The van der Waals surface area contributed by atoms with Crippen LogP contribution in [0.1, 0.15) is 43.2 Å². The Morgan fingerprint density at radius 2 is 1.77 bits per heavy atom. The Morgan fingerprint density at radius 1 is 1.15 bits per heavy atom. The molecule has 1 fully saturated rings. The lowest BCUT2D eigenvalue weighted by molar-refractivity contribution is -0.135. The van der Waals surface area contributed by atoms with Gasteiger partial charge in [0, 0.05) is 13.6 Å². The number of nitriles is 1. The predicted octanol–water partition coefficient (Wildman–Crippen LogP) is 3.30. The number of nitrogens with zero attached hydrogens (tertiary/aromatic N) is 3. The van der Waals surface area contributed by atoms with Gasteiger partial charge in [0.15, 0.2) is 0 Å². The van der Waals surface area contributed by atoms with Crippen LogP contribution in [0.25, 0.3) is 0 Å². The van der Waals surface area contributed by atoms with E-state index >= 15 is 0 Å². The van der Waals surface area contributed by atoms with Gasteiger partial charge in [0.05, 0.1) is 12.6 Å². The third kappa shape index (κ3) is 5.22. The Labute approximate surface area is 157 Å². The normalized spacial score (nSPS) is 16.2. The number of carbonyl (C=O) groups is 1. The van der Waals surface area contributed by atoms with Gasteiger partial charge in [-0.25, -0.2) is 0 Å². The second kappa shape index (κ2) is 9.05. The molecule has 0 aromatic heterocycles. The predicted molar refractivity (Wildman–Crippen MR) is 103 cm³/mol. The van der Waals surface area contributed by atoms with E-state index in [1.54, 1.807) is 11.9 Å². The van der Waals surface area contributed by atoms with Crippen LogP contribution < -0.4 is 4.74 Å². The fourth-order valence-corrected chi connectivity index (χ4v) is 3.65. The maximum absolute atomic E-state index is 12.6. The second-order valence-electron chi connectivity index (χ2n) is 7.57. The number of amides is 1. The molecule has 0 heterocycles. The molecule has 1 aromatic rings. The average Bonchev–Trinajstić information content (AvgIpc) is 2.60. The van der Waals surface area contributed by atoms with Gasteiger partial charge in [0.2, 0.25) is 5.91 Å². The Hall–Kier alpha value is -2.06. The van der Waals surface area contributed by atoms with E-state index in [1.807, 2.05) is 24.1 Å². The van der Waals surface area contributed by atoms with Gasteiger partial charge in [-0.15, -0.1) is 0 Å². The van der Waals surface area contributed by atoms with Crippen molar-refractivity contribution in [2.24, 2.45) is 0 Å². The number of aryl methyl sites for hydroxylation is 2. The Morgan fingerprint density at radius 3 is 2.35 bits per heavy atom. The van der Waals surface area contributed by atoms with Crippen molar-refractivity contribution in [2.45, 2.75) is 51.5 Å². The SMILES string of the molecule is Cc1cc(C)cc(OCCN(C)CC(=O)N(C)C2(C#N)CCCCC2)c1. The molecule has 0 saturated heterocycles. The lowest BCUT2D eigenvalue weighted by atomic mass is 9.81. The molecule has 26 heavy (non-hydrogen) atoms. The van der Waals surface area contributed by atoms with Crippen molar-refractivity contribution in [1.29, 1.82) is 5.26 Å². The Balaban J connectivity index is 1.82. The highest BCUT2D eigenvalue weighted by Gasteiger charge is 2.38. The molecule has 142 valence electrons. The lowest BCUT2D eigenvalue weighted by Crippen LogP contribution is -2.52. The van der Waals surface area contributed by atoms with Gasteiger partial charge in [-0.05, 0) is 57.0 Å². The number of hydrogen-bond acceptors (Lipinski definition) is 4. The highest BCUT2D eigenvalue weighted by molar-refractivity contribution is 5.79. The monoisotopic (exact) mass is 357 g/mol. The van der Waals surface area contributed by atoms with Gasteiger partial charge in [-0.2, -0.15) is 5.26 Å². The minimum Gasteiger partial charge on any atom is -0.492 e. The van der Waals surface area contributed by atoms with Crippen LogP contribution in [0.15, 0.2) is 18.2 Å². The molecule has 1 aromatic carbocycles. The Kier molecular flexibility index (Phi) is 7.05. The summed E-state index contributed by atoms with van der Waals surface area (Å²) in [5.41, 5.74) is 1.74. The summed E-state index contributed by atoms with van der Waals surface area (Å²) < 4.78 is 5.82. The molecule has 0 N–H and O–H groups in total. The van der Waals surface area contributed by atoms with E-state index in [4.69, 9.17) is 4.74 Å². The Bertz CT molecular complexity index is 639. The number of carbonyl (C=O) groups excluding carboxylic acids is 1. The third-order valence-electron chi connectivity index (χ3n) is 5.25. The van der Waals surface area contributed by atoms with E-state index in [0.29, 0.717) is 19.7 Å². The smallest absolute Gasteiger partial charge is 0.237 e. The molecule has 1 saturated carbocycles. The zero-order valence-corrected chi connectivity index (χ0v) is 16.5. The van der Waals surface area contributed by atoms with Crippen LogP contribution in [-0.2, 0) is 4.79 Å². The van der Waals surface area contributed by atoms with E-state index in [0.717, 1.165) is 37.9 Å². The highest BCUT2D eigenvalue weighted by atomic mass is 16.5. The summed E-state index contributed by atoms with van der Waals surface area (Å²) in [5, 5.41) is 9.63. The molecule has 0 spiro atoms. The van der Waals surface area contributed by atoms with Crippen molar-refractivity contribution in [3.8, 4) is 11.8 Å². The van der Waals surface area contributed by atoms with E-state index in [-0.39, 0.29) is 5.91 Å². The maximum atomic E-state index is 12.6. The van der Waals surface area contributed by atoms with Crippen molar-refractivity contribution in [2.75, 3.05) is 33.8 Å².